The molecule has 6 heteroatoms. The number of thioether (sulfide) groups is 1. The van der Waals surface area contributed by atoms with E-state index in [1.807, 2.05) is 30.5 Å². The minimum absolute atomic E-state index is 0.0155. The number of nitrogens with one attached hydrogen (secondary N) is 1. The van der Waals surface area contributed by atoms with E-state index in [9.17, 15) is 9.59 Å². The Hall–Kier alpha value is -1.20. The summed E-state index contributed by atoms with van der Waals surface area (Å²) < 4.78 is 0. The third-order valence-electron chi connectivity index (χ3n) is 3.43. The van der Waals surface area contributed by atoms with Crippen LogP contribution in [0, 0.1) is 0 Å². The van der Waals surface area contributed by atoms with Gasteiger partial charge in [-0.2, -0.15) is 11.8 Å². The van der Waals surface area contributed by atoms with Gasteiger partial charge in [-0.3, -0.25) is 9.59 Å². The lowest BCUT2D eigenvalue weighted by Gasteiger charge is -2.18. The molecule has 0 radical (unpaired) electrons. The van der Waals surface area contributed by atoms with Crippen LogP contribution in [0.3, 0.4) is 0 Å². The van der Waals surface area contributed by atoms with Gasteiger partial charge in [0.1, 0.15) is 0 Å². The molecule has 2 rings (SSSR count). The first-order chi connectivity index (χ1) is 10.1. The zero-order valence-electron chi connectivity index (χ0n) is 12.0. The molecule has 1 heterocycles. The van der Waals surface area contributed by atoms with Crippen LogP contribution in [0.2, 0.25) is 5.02 Å². The van der Waals surface area contributed by atoms with Crippen molar-refractivity contribution in [1.29, 1.82) is 0 Å². The van der Waals surface area contributed by atoms with E-state index in [4.69, 9.17) is 11.6 Å². The smallest absolute Gasteiger partial charge is 0.225 e. The molecule has 1 aromatic carbocycles. The second-order valence-electron chi connectivity index (χ2n) is 5.08. The van der Waals surface area contributed by atoms with Gasteiger partial charge in [0.05, 0.1) is 6.04 Å². The van der Waals surface area contributed by atoms with Crippen molar-refractivity contribution in [2.24, 2.45) is 0 Å². The van der Waals surface area contributed by atoms with Gasteiger partial charge in [-0.25, -0.2) is 0 Å². The molecular formula is C15H19ClN2O2S. The summed E-state index contributed by atoms with van der Waals surface area (Å²) in [7, 11) is 0. The van der Waals surface area contributed by atoms with Crippen LogP contribution in [0.1, 0.15) is 18.4 Å². The van der Waals surface area contributed by atoms with E-state index in [-0.39, 0.29) is 17.9 Å². The highest BCUT2D eigenvalue weighted by Gasteiger charge is 2.30. The maximum Gasteiger partial charge on any atom is 0.225 e. The molecule has 0 aliphatic carbocycles. The maximum atomic E-state index is 12.0. The monoisotopic (exact) mass is 326 g/mol. The first-order valence-corrected chi connectivity index (χ1v) is 8.67. The first kappa shape index (κ1) is 16.2. The van der Waals surface area contributed by atoms with Crippen LogP contribution in [0.4, 0.5) is 0 Å². The van der Waals surface area contributed by atoms with Crippen molar-refractivity contribution in [2.75, 3.05) is 18.6 Å². The third-order valence-corrected chi connectivity index (χ3v) is 4.41. The minimum atomic E-state index is -0.0886. The number of benzene rings is 1. The predicted molar refractivity (Wildman–Crippen MR) is 86.4 cm³/mol. The fourth-order valence-corrected chi connectivity index (χ4v) is 2.93. The molecule has 114 valence electrons. The third kappa shape index (κ3) is 4.64. The Morgan fingerprint density at radius 3 is 2.95 bits per heavy atom. The van der Waals surface area contributed by atoms with Crippen molar-refractivity contribution in [3.05, 3.63) is 34.9 Å². The SMILES string of the molecule is CSCCC(=O)N[C@@H]1CC(=O)N(Cc2ccccc2Cl)C1. The van der Waals surface area contributed by atoms with E-state index in [0.717, 1.165) is 11.3 Å². The van der Waals surface area contributed by atoms with E-state index in [2.05, 4.69) is 5.32 Å². The first-order valence-electron chi connectivity index (χ1n) is 6.89. The number of amides is 2. The lowest BCUT2D eigenvalue weighted by atomic mass is 10.2. The predicted octanol–water partition coefficient (Wildman–Crippen LogP) is 2.31. The zero-order valence-corrected chi connectivity index (χ0v) is 13.5. The van der Waals surface area contributed by atoms with E-state index < -0.39 is 0 Å². The molecule has 1 aliphatic rings. The Morgan fingerprint density at radius 1 is 1.48 bits per heavy atom. The molecule has 1 N–H and O–H groups in total. The van der Waals surface area contributed by atoms with Gasteiger partial charge < -0.3 is 10.2 Å². The lowest BCUT2D eigenvalue weighted by Crippen LogP contribution is -2.37. The fourth-order valence-electron chi connectivity index (χ4n) is 2.35. The summed E-state index contributed by atoms with van der Waals surface area (Å²) in [5.74, 6) is 0.877. The molecule has 0 unspecified atom stereocenters. The molecule has 1 atom stereocenters. The Bertz CT molecular complexity index is 524. The normalized spacial score (nSPS) is 18.1. The van der Waals surface area contributed by atoms with E-state index in [0.29, 0.717) is 31.0 Å². The summed E-state index contributed by atoms with van der Waals surface area (Å²) in [6.45, 7) is 1.05. The highest BCUT2D eigenvalue weighted by Crippen LogP contribution is 2.20. The molecule has 0 aromatic heterocycles. The summed E-state index contributed by atoms with van der Waals surface area (Å²) in [6, 6.07) is 7.42. The van der Waals surface area contributed by atoms with Crippen LogP contribution in [0.25, 0.3) is 0 Å². The van der Waals surface area contributed by atoms with Crippen LogP contribution < -0.4 is 5.32 Å². The summed E-state index contributed by atoms with van der Waals surface area (Å²) in [5, 5.41) is 3.59. The van der Waals surface area contributed by atoms with Crippen LogP contribution in [0.5, 0.6) is 0 Å². The minimum Gasteiger partial charge on any atom is -0.351 e. The number of nitrogens with zero attached hydrogens (tertiary/aromatic N) is 1. The van der Waals surface area contributed by atoms with Gasteiger partial charge in [-0.1, -0.05) is 29.8 Å². The van der Waals surface area contributed by atoms with Crippen LogP contribution >= 0.6 is 23.4 Å². The molecule has 1 aromatic rings. The van der Waals surface area contributed by atoms with Crippen molar-refractivity contribution in [1.82, 2.24) is 10.2 Å². The van der Waals surface area contributed by atoms with Crippen molar-refractivity contribution in [3.63, 3.8) is 0 Å². The molecule has 0 spiro atoms. The van der Waals surface area contributed by atoms with Gasteiger partial charge in [0.25, 0.3) is 0 Å². The molecule has 0 saturated carbocycles. The summed E-state index contributed by atoms with van der Waals surface area (Å²) in [5.41, 5.74) is 0.932. The molecule has 1 saturated heterocycles. The van der Waals surface area contributed by atoms with E-state index in [1.54, 1.807) is 16.7 Å². The number of hydrogen-bond acceptors (Lipinski definition) is 3. The second-order valence-corrected chi connectivity index (χ2v) is 6.47. The fraction of sp³-hybridized carbons (Fsp3) is 0.467. The van der Waals surface area contributed by atoms with Gasteiger partial charge in [-0.05, 0) is 17.9 Å². The highest BCUT2D eigenvalue weighted by atomic mass is 35.5. The number of halogens is 1. The van der Waals surface area contributed by atoms with Crippen molar-refractivity contribution in [3.8, 4) is 0 Å². The topological polar surface area (TPSA) is 49.4 Å². The van der Waals surface area contributed by atoms with E-state index in [1.165, 1.54) is 0 Å². The standard InChI is InChI=1S/C15H19ClN2O2S/c1-21-7-6-14(19)17-12-8-15(20)18(10-12)9-11-4-2-3-5-13(11)16/h2-5,12H,6-10H2,1H3,(H,17,19)/t12-/m1/s1. The second kappa shape index (κ2) is 7.71. The van der Waals surface area contributed by atoms with Crippen LogP contribution in [-0.2, 0) is 16.1 Å². The van der Waals surface area contributed by atoms with Crippen molar-refractivity contribution in [2.45, 2.75) is 25.4 Å². The van der Waals surface area contributed by atoms with Gasteiger partial charge in [0.15, 0.2) is 0 Å². The van der Waals surface area contributed by atoms with Gasteiger partial charge in [0, 0.05) is 36.7 Å². The number of likely N-dealkylation sites (tertiary alicyclic amines) is 1. The Balaban J connectivity index is 1.88. The Morgan fingerprint density at radius 2 is 2.24 bits per heavy atom. The molecular weight excluding hydrogens is 308 g/mol. The quantitative estimate of drug-likeness (QED) is 0.872. The average Bonchev–Trinajstić information content (AvgIpc) is 2.79. The van der Waals surface area contributed by atoms with Crippen molar-refractivity contribution < 1.29 is 9.59 Å². The molecule has 1 fully saturated rings. The molecule has 1 aliphatic heterocycles. The van der Waals surface area contributed by atoms with Crippen LogP contribution in [-0.4, -0.2) is 41.3 Å². The maximum absolute atomic E-state index is 12.0. The van der Waals surface area contributed by atoms with Gasteiger partial charge >= 0.3 is 0 Å². The molecule has 0 bridgehead atoms. The van der Waals surface area contributed by atoms with Crippen LogP contribution in [0.15, 0.2) is 24.3 Å². The van der Waals surface area contributed by atoms with Gasteiger partial charge in [0.2, 0.25) is 11.8 Å². The molecule has 4 nitrogen and oxygen atoms in total. The average molecular weight is 327 g/mol. The number of carbonyl (C=O) groups is 2. The number of carbonyl (C=O) groups excluding carboxylic acids is 2. The summed E-state index contributed by atoms with van der Waals surface area (Å²) in [6.07, 6.45) is 2.84. The Labute approximate surface area is 134 Å². The zero-order chi connectivity index (χ0) is 15.2. The van der Waals surface area contributed by atoms with Crippen molar-refractivity contribution >= 4 is 35.2 Å². The van der Waals surface area contributed by atoms with Gasteiger partial charge in [-0.15, -0.1) is 0 Å². The number of hydrogen-bond donors (Lipinski definition) is 1. The molecule has 21 heavy (non-hydrogen) atoms. The molecule has 2 amide bonds. The van der Waals surface area contributed by atoms with E-state index >= 15 is 0 Å². The largest absolute Gasteiger partial charge is 0.351 e. The highest BCUT2D eigenvalue weighted by molar-refractivity contribution is 7.98. The lowest BCUT2D eigenvalue weighted by molar-refractivity contribution is -0.128. The summed E-state index contributed by atoms with van der Waals surface area (Å²) in [4.78, 5) is 25.5. The summed E-state index contributed by atoms with van der Waals surface area (Å²) >= 11 is 7.76. The number of rotatable bonds is 6. The Kier molecular flexibility index (Phi) is 5.94.